The number of methoxy groups -OCH3 is 1. The number of carbonyl (C=O) groups is 1. The van der Waals surface area contributed by atoms with E-state index in [0.717, 1.165) is 11.1 Å². The molecule has 0 spiro atoms. The molecule has 0 unspecified atom stereocenters. The van der Waals surface area contributed by atoms with Gasteiger partial charge in [0.05, 0.1) is 19.0 Å². The summed E-state index contributed by atoms with van der Waals surface area (Å²) in [4.78, 5) is 29.2. The van der Waals surface area contributed by atoms with E-state index >= 15 is 0 Å². The third-order valence-electron chi connectivity index (χ3n) is 4.30. The van der Waals surface area contributed by atoms with Crippen LogP contribution in [-0.2, 0) is 17.9 Å². The zero-order valence-corrected chi connectivity index (χ0v) is 16.5. The third-order valence-corrected chi connectivity index (χ3v) is 4.30. The molecule has 0 radical (unpaired) electrons. The van der Waals surface area contributed by atoms with Crippen molar-refractivity contribution in [1.82, 2.24) is 14.8 Å². The molecular weight excluding hydrogens is 372 g/mol. The van der Waals surface area contributed by atoms with Crippen LogP contribution in [0.4, 0.5) is 11.4 Å². The van der Waals surface area contributed by atoms with Crippen molar-refractivity contribution in [1.29, 1.82) is 0 Å². The van der Waals surface area contributed by atoms with Gasteiger partial charge in [-0.3, -0.25) is 9.78 Å². The first kappa shape index (κ1) is 20.1. The Hall–Kier alpha value is -3.68. The fourth-order valence-electron chi connectivity index (χ4n) is 2.67. The number of nitrogens with zero attached hydrogens (tertiary/aromatic N) is 3. The van der Waals surface area contributed by atoms with Crippen LogP contribution in [0, 0.1) is 6.92 Å². The molecule has 0 amide bonds. The van der Waals surface area contributed by atoms with Crippen molar-refractivity contribution >= 4 is 17.3 Å². The maximum Gasteiger partial charge on any atom is 0.359 e. The molecule has 8 nitrogen and oxygen atoms in total. The summed E-state index contributed by atoms with van der Waals surface area (Å²) in [5, 5.41) is 7.15. The van der Waals surface area contributed by atoms with Crippen molar-refractivity contribution in [2.45, 2.75) is 27.0 Å². The van der Waals surface area contributed by atoms with Crippen molar-refractivity contribution in [2.75, 3.05) is 12.4 Å². The molecule has 0 atom stereocenters. The quantitative estimate of drug-likeness (QED) is 0.615. The maximum atomic E-state index is 12.6. The smallest absolute Gasteiger partial charge is 0.359 e. The number of carbonyl (C=O) groups excluding carboxylic acids is 1. The van der Waals surface area contributed by atoms with Crippen molar-refractivity contribution < 1.29 is 14.3 Å². The minimum atomic E-state index is -0.624. The van der Waals surface area contributed by atoms with Gasteiger partial charge in [-0.25, -0.2) is 9.48 Å². The SMILES string of the molecule is CCn1nc(C(=O)OCc2cccc(OC)c2)cc(Nc2cnccc2C)c1=O. The third kappa shape index (κ3) is 4.78. The molecule has 2 aromatic heterocycles. The van der Waals surface area contributed by atoms with Gasteiger partial charge in [-0.15, -0.1) is 0 Å². The Morgan fingerprint density at radius 3 is 2.76 bits per heavy atom. The van der Waals surface area contributed by atoms with Crippen LogP contribution in [0.25, 0.3) is 0 Å². The van der Waals surface area contributed by atoms with Crippen LogP contribution in [0.2, 0.25) is 0 Å². The summed E-state index contributed by atoms with van der Waals surface area (Å²) in [6.45, 7) is 4.05. The zero-order chi connectivity index (χ0) is 20.8. The van der Waals surface area contributed by atoms with Gasteiger partial charge < -0.3 is 14.8 Å². The number of aryl methyl sites for hydroxylation is 2. The average molecular weight is 394 g/mol. The van der Waals surface area contributed by atoms with Crippen LogP contribution < -0.4 is 15.6 Å². The number of esters is 1. The van der Waals surface area contributed by atoms with Gasteiger partial charge in [0.2, 0.25) is 0 Å². The van der Waals surface area contributed by atoms with E-state index < -0.39 is 5.97 Å². The van der Waals surface area contributed by atoms with E-state index in [1.165, 1.54) is 10.7 Å². The molecule has 29 heavy (non-hydrogen) atoms. The van der Waals surface area contributed by atoms with Gasteiger partial charge in [0.15, 0.2) is 5.69 Å². The lowest BCUT2D eigenvalue weighted by molar-refractivity contribution is 0.0462. The van der Waals surface area contributed by atoms with Crippen molar-refractivity contribution in [2.24, 2.45) is 0 Å². The van der Waals surface area contributed by atoms with Gasteiger partial charge in [0, 0.05) is 18.8 Å². The Bertz CT molecular complexity index is 1080. The lowest BCUT2D eigenvalue weighted by Gasteiger charge is -2.12. The monoisotopic (exact) mass is 394 g/mol. The first-order valence-electron chi connectivity index (χ1n) is 9.11. The molecule has 0 fully saturated rings. The first-order valence-corrected chi connectivity index (χ1v) is 9.11. The second-order valence-corrected chi connectivity index (χ2v) is 6.31. The highest BCUT2D eigenvalue weighted by molar-refractivity contribution is 5.88. The summed E-state index contributed by atoms with van der Waals surface area (Å²) in [5.41, 5.74) is 2.31. The second kappa shape index (κ2) is 9.01. The topological polar surface area (TPSA) is 95.3 Å². The van der Waals surface area contributed by atoms with Gasteiger partial charge in [0.1, 0.15) is 18.0 Å². The van der Waals surface area contributed by atoms with Gasteiger partial charge in [-0.05, 0) is 43.2 Å². The molecule has 2 heterocycles. The van der Waals surface area contributed by atoms with Crippen molar-refractivity contribution in [3.63, 3.8) is 0 Å². The number of ether oxygens (including phenoxy) is 2. The van der Waals surface area contributed by atoms with E-state index in [-0.39, 0.29) is 23.5 Å². The average Bonchev–Trinajstić information content (AvgIpc) is 2.75. The van der Waals surface area contributed by atoms with Crippen LogP contribution in [0.3, 0.4) is 0 Å². The van der Waals surface area contributed by atoms with Gasteiger partial charge in [0.25, 0.3) is 5.56 Å². The highest BCUT2D eigenvalue weighted by Crippen LogP contribution is 2.18. The van der Waals surface area contributed by atoms with Gasteiger partial charge in [-0.2, -0.15) is 5.10 Å². The molecule has 0 saturated carbocycles. The number of nitrogens with one attached hydrogen (secondary N) is 1. The summed E-state index contributed by atoms with van der Waals surface area (Å²) in [6, 6.07) is 10.5. The molecule has 0 saturated heterocycles. The standard InChI is InChI=1S/C21H22N4O4/c1-4-25-20(26)17(23-19-12-22-9-8-14(19)2)11-18(24-25)21(27)29-13-15-6-5-7-16(10-15)28-3/h5-12,23H,4,13H2,1-3H3. The molecule has 1 N–H and O–H groups in total. The molecule has 1 aromatic carbocycles. The van der Waals surface area contributed by atoms with E-state index in [1.54, 1.807) is 32.5 Å². The minimum Gasteiger partial charge on any atom is -0.497 e. The van der Waals surface area contributed by atoms with Crippen LogP contribution >= 0.6 is 0 Å². The largest absolute Gasteiger partial charge is 0.497 e. The summed E-state index contributed by atoms with van der Waals surface area (Å²) in [7, 11) is 1.57. The van der Waals surface area contributed by atoms with Crippen molar-refractivity contribution in [3.8, 4) is 5.75 Å². The summed E-state index contributed by atoms with van der Waals surface area (Å²) in [5.74, 6) is 0.0514. The number of anilines is 2. The van der Waals surface area contributed by atoms with E-state index in [2.05, 4.69) is 15.4 Å². The molecule has 0 bridgehead atoms. The summed E-state index contributed by atoms with van der Waals surface area (Å²) < 4.78 is 11.8. The predicted octanol–water partition coefficient (Wildman–Crippen LogP) is 3.08. The number of benzene rings is 1. The van der Waals surface area contributed by atoms with Crippen LogP contribution in [0.5, 0.6) is 5.75 Å². The highest BCUT2D eigenvalue weighted by Gasteiger charge is 2.16. The highest BCUT2D eigenvalue weighted by atomic mass is 16.5. The fourth-order valence-corrected chi connectivity index (χ4v) is 2.67. The normalized spacial score (nSPS) is 10.4. The number of hydrogen-bond donors (Lipinski definition) is 1. The number of pyridine rings is 1. The minimum absolute atomic E-state index is 0.0402. The summed E-state index contributed by atoms with van der Waals surface area (Å²) >= 11 is 0. The van der Waals surface area contributed by atoms with Crippen molar-refractivity contribution in [3.05, 3.63) is 76.0 Å². The van der Waals surface area contributed by atoms with E-state index in [4.69, 9.17) is 9.47 Å². The number of rotatable bonds is 7. The molecule has 3 rings (SSSR count). The molecule has 8 heteroatoms. The fraction of sp³-hybridized carbons (Fsp3) is 0.238. The van der Waals surface area contributed by atoms with Gasteiger partial charge >= 0.3 is 5.97 Å². The number of aromatic nitrogens is 3. The first-order chi connectivity index (χ1) is 14.0. The molecule has 0 aliphatic carbocycles. The molecule has 3 aromatic rings. The van der Waals surface area contributed by atoms with Crippen LogP contribution in [0.1, 0.15) is 28.5 Å². The number of hydrogen-bond acceptors (Lipinski definition) is 7. The van der Waals surface area contributed by atoms with E-state index in [0.29, 0.717) is 18.0 Å². The Morgan fingerprint density at radius 2 is 2.03 bits per heavy atom. The van der Waals surface area contributed by atoms with Gasteiger partial charge in [-0.1, -0.05) is 12.1 Å². The Labute approximate surface area is 168 Å². The molecular formula is C21H22N4O4. The maximum absolute atomic E-state index is 12.6. The zero-order valence-electron chi connectivity index (χ0n) is 16.5. The Kier molecular flexibility index (Phi) is 6.23. The summed E-state index contributed by atoms with van der Waals surface area (Å²) in [6.07, 6.45) is 3.28. The lowest BCUT2D eigenvalue weighted by Crippen LogP contribution is -2.27. The van der Waals surface area contributed by atoms with E-state index in [9.17, 15) is 9.59 Å². The van der Waals surface area contributed by atoms with Crippen LogP contribution in [0.15, 0.2) is 53.6 Å². The Balaban J connectivity index is 1.83. The lowest BCUT2D eigenvalue weighted by atomic mass is 10.2. The predicted molar refractivity (Wildman–Crippen MR) is 109 cm³/mol. The molecule has 0 aliphatic rings. The van der Waals surface area contributed by atoms with Crippen LogP contribution in [-0.4, -0.2) is 27.8 Å². The molecule has 0 aliphatic heterocycles. The second-order valence-electron chi connectivity index (χ2n) is 6.31. The molecule has 150 valence electrons. The Morgan fingerprint density at radius 1 is 1.21 bits per heavy atom. The van der Waals surface area contributed by atoms with E-state index in [1.807, 2.05) is 31.2 Å².